The molecule has 10 heteroatoms. The molecule has 2 aliphatic heterocycles. The van der Waals surface area contributed by atoms with E-state index in [9.17, 15) is 4.79 Å². The normalized spacial score (nSPS) is 14.4. The van der Waals surface area contributed by atoms with Crippen LogP contribution in [0.4, 0.5) is 5.95 Å². The number of anilines is 1. The van der Waals surface area contributed by atoms with E-state index in [0.717, 1.165) is 35.0 Å². The van der Waals surface area contributed by atoms with E-state index in [1.165, 1.54) is 7.11 Å². The first-order chi connectivity index (χ1) is 16.1. The number of aromatic nitrogens is 4. The van der Waals surface area contributed by atoms with Crippen LogP contribution in [0.5, 0.6) is 23.0 Å². The fraction of sp³-hybridized carbons (Fsp3) is 0.261. The van der Waals surface area contributed by atoms with Crippen LogP contribution < -0.4 is 29.4 Å². The second-order valence-corrected chi connectivity index (χ2v) is 7.83. The smallest absolute Gasteiger partial charge is 0.260 e. The Labute approximate surface area is 188 Å². The summed E-state index contributed by atoms with van der Waals surface area (Å²) in [7, 11) is 3.09. The molecule has 0 fully saturated rings. The van der Waals surface area contributed by atoms with Crippen LogP contribution in [0, 0.1) is 0 Å². The number of aromatic amines is 1. The maximum absolute atomic E-state index is 12.8. The molecule has 0 saturated carbocycles. The Morgan fingerprint density at radius 1 is 1.06 bits per heavy atom. The van der Waals surface area contributed by atoms with E-state index in [1.807, 2.05) is 29.4 Å². The average Bonchev–Trinajstić information content (AvgIpc) is 3.49. The predicted molar refractivity (Wildman–Crippen MR) is 120 cm³/mol. The summed E-state index contributed by atoms with van der Waals surface area (Å²) in [5.41, 5.74) is 3.35. The van der Waals surface area contributed by atoms with Crippen molar-refractivity contribution < 1.29 is 18.9 Å². The van der Waals surface area contributed by atoms with Gasteiger partial charge >= 0.3 is 0 Å². The number of benzene rings is 2. The van der Waals surface area contributed by atoms with Crippen LogP contribution >= 0.6 is 0 Å². The lowest BCUT2D eigenvalue weighted by Gasteiger charge is -2.27. The third-order valence-electron chi connectivity index (χ3n) is 6.04. The van der Waals surface area contributed by atoms with Crippen LogP contribution in [0.2, 0.25) is 0 Å². The van der Waals surface area contributed by atoms with Crippen LogP contribution in [0.25, 0.3) is 16.6 Å². The second-order valence-electron chi connectivity index (χ2n) is 7.83. The van der Waals surface area contributed by atoms with Gasteiger partial charge in [0.1, 0.15) is 0 Å². The summed E-state index contributed by atoms with van der Waals surface area (Å²) in [6.45, 7) is 1.46. The molecule has 0 saturated heterocycles. The Kier molecular flexibility index (Phi) is 4.39. The zero-order valence-electron chi connectivity index (χ0n) is 18.1. The molecule has 0 spiro atoms. The third-order valence-corrected chi connectivity index (χ3v) is 6.04. The number of nitrogens with one attached hydrogen (secondary N) is 1. The van der Waals surface area contributed by atoms with Crippen molar-refractivity contribution in [2.24, 2.45) is 0 Å². The van der Waals surface area contributed by atoms with E-state index >= 15 is 0 Å². The summed E-state index contributed by atoms with van der Waals surface area (Å²) in [6, 6.07) is 9.22. The number of H-pyrrole nitrogens is 1. The van der Waals surface area contributed by atoms with Gasteiger partial charge in [-0.2, -0.15) is 0 Å². The summed E-state index contributed by atoms with van der Waals surface area (Å²) >= 11 is 0. The van der Waals surface area contributed by atoms with Crippen LogP contribution in [0.1, 0.15) is 11.4 Å². The van der Waals surface area contributed by atoms with Crippen molar-refractivity contribution in [2.75, 3.05) is 32.5 Å². The molecule has 2 aromatic carbocycles. The number of nitrogens with zero attached hydrogens (tertiary/aromatic N) is 4. The maximum Gasteiger partial charge on any atom is 0.260 e. The van der Waals surface area contributed by atoms with Gasteiger partial charge in [0, 0.05) is 30.8 Å². The van der Waals surface area contributed by atoms with Gasteiger partial charge in [0.2, 0.25) is 12.7 Å². The Hall–Kier alpha value is -4.21. The maximum atomic E-state index is 12.8. The molecule has 168 valence electrons. The molecule has 4 heterocycles. The number of hydrogen-bond donors (Lipinski definition) is 1. The Morgan fingerprint density at radius 3 is 2.73 bits per heavy atom. The quantitative estimate of drug-likeness (QED) is 0.509. The van der Waals surface area contributed by atoms with Gasteiger partial charge in [-0.05, 0) is 18.2 Å². The predicted octanol–water partition coefficient (Wildman–Crippen LogP) is 2.42. The van der Waals surface area contributed by atoms with Gasteiger partial charge in [-0.1, -0.05) is 0 Å². The molecule has 2 aliphatic rings. The van der Waals surface area contributed by atoms with Crippen molar-refractivity contribution in [1.29, 1.82) is 0 Å². The largest absolute Gasteiger partial charge is 0.493 e. The average molecular weight is 447 g/mol. The zero-order chi connectivity index (χ0) is 22.5. The van der Waals surface area contributed by atoms with Crippen molar-refractivity contribution in [2.45, 2.75) is 13.0 Å². The summed E-state index contributed by atoms with van der Waals surface area (Å²) in [5.74, 6) is 3.00. The lowest BCUT2D eigenvalue weighted by molar-refractivity contribution is 0.174. The molecule has 6 rings (SSSR count). The molecular formula is C23H21N5O5. The van der Waals surface area contributed by atoms with Gasteiger partial charge in [-0.15, -0.1) is 0 Å². The number of rotatable bonds is 4. The minimum atomic E-state index is -0.229. The standard InChI is InChI=1S/C23H21N5O5/c1-30-19-8-14-15(9-20(19)31-2)25-23(26-22(14)29)27-6-5-17-16(10-27)24-11-28(17)13-3-4-18-21(7-13)33-12-32-18/h3-4,7-9,11H,5-6,10,12H2,1-2H3,(H,25,26,29). The molecule has 1 N–H and O–H groups in total. The van der Waals surface area contributed by atoms with Crippen molar-refractivity contribution in [3.63, 3.8) is 0 Å². The Morgan fingerprint density at radius 2 is 1.88 bits per heavy atom. The number of imidazole rings is 1. The topological polar surface area (TPSA) is 104 Å². The fourth-order valence-electron chi connectivity index (χ4n) is 4.35. The Balaban J connectivity index is 1.33. The van der Waals surface area contributed by atoms with Gasteiger partial charge in [-0.25, -0.2) is 9.97 Å². The molecule has 0 amide bonds. The third kappa shape index (κ3) is 3.13. The van der Waals surface area contributed by atoms with Gasteiger partial charge in [0.05, 0.1) is 49.4 Å². The summed E-state index contributed by atoms with van der Waals surface area (Å²) in [4.78, 5) is 27.0. The first-order valence-corrected chi connectivity index (χ1v) is 10.5. The number of hydrogen-bond acceptors (Lipinski definition) is 8. The monoisotopic (exact) mass is 447 g/mol. The Bertz CT molecular complexity index is 1440. The van der Waals surface area contributed by atoms with Gasteiger partial charge < -0.3 is 28.4 Å². The summed E-state index contributed by atoms with van der Waals surface area (Å²) in [5, 5.41) is 0.446. The van der Waals surface area contributed by atoms with E-state index in [-0.39, 0.29) is 12.4 Å². The van der Waals surface area contributed by atoms with Crippen molar-refractivity contribution in [3.8, 4) is 28.7 Å². The van der Waals surface area contributed by atoms with Gasteiger partial charge in [0.25, 0.3) is 5.56 Å². The molecule has 0 atom stereocenters. The molecule has 2 aromatic heterocycles. The molecule has 0 radical (unpaired) electrons. The van der Waals surface area contributed by atoms with Crippen molar-refractivity contribution in [1.82, 2.24) is 19.5 Å². The number of methoxy groups -OCH3 is 2. The van der Waals surface area contributed by atoms with Crippen LogP contribution in [0.3, 0.4) is 0 Å². The fourth-order valence-corrected chi connectivity index (χ4v) is 4.35. The highest BCUT2D eigenvalue weighted by Crippen LogP contribution is 2.35. The highest BCUT2D eigenvalue weighted by atomic mass is 16.7. The molecule has 10 nitrogen and oxygen atoms in total. The lowest BCUT2D eigenvalue weighted by atomic mass is 10.1. The molecule has 0 unspecified atom stereocenters. The lowest BCUT2D eigenvalue weighted by Crippen LogP contribution is -2.33. The van der Waals surface area contributed by atoms with Crippen LogP contribution in [-0.4, -0.2) is 47.1 Å². The first kappa shape index (κ1) is 19.5. The van der Waals surface area contributed by atoms with Gasteiger partial charge in [-0.3, -0.25) is 9.78 Å². The summed E-state index contributed by atoms with van der Waals surface area (Å²) < 4.78 is 23.7. The van der Waals surface area contributed by atoms with E-state index < -0.39 is 0 Å². The highest BCUT2D eigenvalue weighted by Gasteiger charge is 2.25. The number of fused-ring (bicyclic) bond motifs is 3. The summed E-state index contributed by atoms with van der Waals surface area (Å²) in [6.07, 6.45) is 2.57. The highest BCUT2D eigenvalue weighted by molar-refractivity contribution is 5.82. The minimum Gasteiger partial charge on any atom is -0.493 e. The van der Waals surface area contributed by atoms with Crippen LogP contribution in [0.15, 0.2) is 41.5 Å². The van der Waals surface area contributed by atoms with E-state index in [0.29, 0.717) is 41.4 Å². The molecule has 4 aromatic rings. The first-order valence-electron chi connectivity index (χ1n) is 10.5. The molecule has 0 aliphatic carbocycles. The number of ether oxygens (including phenoxy) is 4. The van der Waals surface area contributed by atoms with E-state index in [1.54, 1.807) is 19.2 Å². The van der Waals surface area contributed by atoms with Crippen molar-refractivity contribution >= 4 is 16.9 Å². The SMILES string of the molecule is COc1cc2nc(N3CCc4c(ncn4-c4ccc5c(c4)OCO5)C3)[nH]c(=O)c2cc1OC. The van der Waals surface area contributed by atoms with Crippen molar-refractivity contribution in [3.05, 3.63) is 58.4 Å². The minimum absolute atomic E-state index is 0.229. The molecule has 0 bridgehead atoms. The van der Waals surface area contributed by atoms with Gasteiger partial charge in [0.15, 0.2) is 23.0 Å². The van der Waals surface area contributed by atoms with Crippen LogP contribution in [-0.2, 0) is 13.0 Å². The van der Waals surface area contributed by atoms with E-state index in [4.69, 9.17) is 23.9 Å². The molecular weight excluding hydrogens is 426 g/mol. The molecule has 33 heavy (non-hydrogen) atoms. The second kappa shape index (κ2) is 7.44. The van der Waals surface area contributed by atoms with E-state index in [2.05, 4.69) is 14.5 Å². The zero-order valence-corrected chi connectivity index (χ0v) is 18.1.